The third-order valence-electron chi connectivity index (χ3n) is 10.9. The van der Waals surface area contributed by atoms with Crippen LogP contribution in [-0.4, -0.2) is 213 Å². The molecule has 0 spiro atoms. The van der Waals surface area contributed by atoms with E-state index in [0.29, 0.717) is 0 Å². The maximum atomic E-state index is 13.4. The molecule has 26 nitrogen and oxygen atoms in total. The van der Waals surface area contributed by atoms with Gasteiger partial charge in [0.05, 0.1) is 44.7 Å². The third kappa shape index (κ3) is 12.9. The molecule has 0 unspecified atom stereocenters. The molecule has 372 valence electrons. The fraction of sp³-hybridized carbons (Fsp3) is 0.692. The number of hydrogen-bond donors (Lipinski definition) is 12. The molecule has 12 N–H and O–H groups in total. The van der Waals surface area contributed by atoms with E-state index in [2.05, 4.69) is 21.3 Å². The third-order valence-corrected chi connectivity index (χ3v) is 10.9. The second kappa shape index (κ2) is 23.4. The molecule has 3 saturated heterocycles. The summed E-state index contributed by atoms with van der Waals surface area (Å²) in [6.45, 7) is 1.62. The van der Waals surface area contributed by atoms with Crippen molar-refractivity contribution in [2.24, 2.45) is 0 Å². The average Bonchev–Trinajstić information content (AvgIpc) is 3.26. The van der Waals surface area contributed by atoms with Crippen molar-refractivity contribution >= 4 is 35.6 Å². The highest BCUT2D eigenvalue weighted by molar-refractivity contribution is 5.94. The number of esters is 1. The fourth-order valence-electron chi connectivity index (χ4n) is 7.57. The lowest BCUT2D eigenvalue weighted by Gasteiger charge is -2.52. The SMILES string of the molecule is COC(=O)[C@@H](NC(C)=O)[C@@H](C)O[C@H]1O[C@H](CO)[C@H](O)[C@H](O[C@@H]2O[C@H](CO)[C@H](O)[C@H](O[C@]3(C(=O)[O-])C[C@H](O)[C@@H](NC(C)=O)[C@H]([C@H](O)[C@H](O)CNC(=O)c4ccc(F)cc4)O3)[C@H]2O)[C@H]1NC(C)=O. The number of carbonyl (C=O) groups excluding carboxylic acids is 6. The van der Waals surface area contributed by atoms with Crippen molar-refractivity contribution in [2.45, 2.75) is 144 Å². The van der Waals surface area contributed by atoms with Crippen molar-refractivity contribution < 1.29 is 112 Å². The lowest BCUT2D eigenvalue weighted by Crippen LogP contribution is -2.72. The smallest absolute Gasteiger partial charge is 0.331 e. The van der Waals surface area contributed by atoms with E-state index in [1.54, 1.807) is 0 Å². The molecule has 3 heterocycles. The number of hydrogen-bond acceptors (Lipinski definition) is 22. The van der Waals surface area contributed by atoms with Crippen LogP contribution in [0, 0.1) is 5.82 Å². The number of carboxylic acids is 1. The number of rotatable bonds is 19. The number of halogens is 1. The molecule has 27 heteroatoms. The molecule has 1 aromatic rings. The van der Waals surface area contributed by atoms with Crippen molar-refractivity contribution in [2.75, 3.05) is 26.9 Å². The van der Waals surface area contributed by atoms with Gasteiger partial charge in [-0.25, -0.2) is 9.18 Å². The van der Waals surface area contributed by atoms with Crippen LogP contribution in [0.5, 0.6) is 0 Å². The summed E-state index contributed by atoms with van der Waals surface area (Å²) < 4.78 is 52.7. The van der Waals surface area contributed by atoms with Gasteiger partial charge in [0, 0.05) is 39.3 Å². The van der Waals surface area contributed by atoms with Crippen LogP contribution < -0.4 is 26.4 Å². The first kappa shape index (κ1) is 54.0. The Morgan fingerprint density at radius 1 is 0.848 bits per heavy atom. The highest BCUT2D eigenvalue weighted by atomic mass is 19.1. The number of ether oxygens (including phenoxy) is 7. The normalized spacial score (nSPS) is 34.1. The summed E-state index contributed by atoms with van der Waals surface area (Å²) in [4.78, 5) is 74.8. The van der Waals surface area contributed by atoms with E-state index >= 15 is 0 Å². The van der Waals surface area contributed by atoms with Crippen LogP contribution >= 0.6 is 0 Å². The lowest BCUT2D eigenvalue weighted by atomic mass is 9.88. The Balaban J connectivity index is 1.66. The van der Waals surface area contributed by atoms with E-state index in [-0.39, 0.29) is 5.56 Å². The van der Waals surface area contributed by atoms with Crippen molar-refractivity contribution in [3.05, 3.63) is 35.6 Å². The first-order valence-corrected chi connectivity index (χ1v) is 20.4. The van der Waals surface area contributed by atoms with Crippen LogP contribution in [0.3, 0.4) is 0 Å². The number of methoxy groups -OCH3 is 1. The highest BCUT2D eigenvalue weighted by Crippen LogP contribution is 2.38. The summed E-state index contributed by atoms with van der Waals surface area (Å²) in [5, 5.41) is 111. The highest BCUT2D eigenvalue weighted by Gasteiger charge is 2.58. The van der Waals surface area contributed by atoms with Crippen LogP contribution in [0.2, 0.25) is 0 Å². The van der Waals surface area contributed by atoms with Gasteiger partial charge in [-0.1, -0.05) is 0 Å². The van der Waals surface area contributed by atoms with Gasteiger partial charge >= 0.3 is 5.97 Å². The van der Waals surface area contributed by atoms with E-state index in [4.69, 9.17) is 33.2 Å². The standard InChI is InChI=1S/C39H57FN4O22/c1-14(24(35(57)60-5)42-15(2)47)61-36-26(44-17(4)49)31(28(53)22(12-45)62-36)64-37-30(55)33(29(54)23(13-46)63-37)66-39(38(58)59)10-20(50)25(43-16(3)48)32(65-39)27(52)21(51)11-41-34(56)18-6-8-19(40)9-7-18/h6-9,14,20-33,36-37,45-46,50-55H,10-13H2,1-5H3,(H,41,56)(H,42,47)(H,43,48)(H,44,49)(H,58,59)/p-1/t14-,20+,21-,22-,23-,24+,25-,26-,27-,28+,29+,30-,31-,32-,33+,36+,37+,39+/m1/s1. The molecule has 4 rings (SSSR count). The van der Waals surface area contributed by atoms with E-state index < -0.39 is 177 Å². The molecular formula is C39H56FN4O22-. The zero-order valence-corrected chi connectivity index (χ0v) is 36.1. The van der Waals surface area contributed by atoms with Crippen molar-refractivity contribution in [3.8, 4) is 0 Å². The van der Waals surface area contributed by atoms with Gasteiger partial charge in [0.2, 0.25) is 23.5 Å². The number of aliphatic carboxylic acids is 1. The predicted molar refractivity (Wildman–Crippen MR) is 209 cm³/mol. The van der Waals surface area contributed by atoms with E-state index in [1.807, 2.05) is 0 Å². The van der Waals surface area contributed by atoms with Crippen LogP contribution in [0.25, 0.3) is 0 Å². The van der Waals surface area contributed by atoms with Crippen molar-refractivity contribution in [1.82, 2.24) is 21.3 Å². The van der Waals surface area contributed by atoms with Gasteiger partial charge in [-0.3, -0.25) is 19.2 Å². The largest absolute Gasteiger partial charge is 0.544 e. The minimum Gasteiger partial charge on any atom is -0.544 e. The van der Waals surface area contributed by atoms with Gasteiger partial charge < -0.3 is 105 Å². The van der Waals surface area contributed by atoms with Gasteiger partial charge in [-0.2, -0.15) is 0 Å². The molecule has 0 aliphatic carbocycles. The van der Waals surface area contributed by atoms with Crippen molar-refractivity contribution in [3.63, 3.8) is 0 Å². The molecule has 1 aromatic carbocycles. The molecule has 3 aliphatic heterocycles. The first-order chi connectivity index (χ1) is 31.0. The van der Waals surface area contributed by atoms with E-state index in [1.165, 1.54) is 6.92 Å². The lowest BCUT2D eigenvalue weighted by molar-refractivity contribution is -0.410. The van der Waals surface area contributed by atoms with Crippen LogP contribution in [-0.2, 0) is 57.1 Å². The van der Waals surface area contributed by atoms with Crippen LogP contribution in [0.4, 0.5) is 4.39 Å². The zero-order valence-electron chi connectivity index (χ0n) is 36.1. The molecule has 0 radical (unpaired) electrons. The van der Waals surface area contributed by atoms with Gasteiger partial charge in [0.1, 0.15) is 72.8 Å². The number of amides is 4. The molecule has 0 bridgehead atoms. The minimum atomic E-state index is -3.30. The summed E-state index contributed by atoms with van der Waals surface area (Å²) in [7, 11) is 1.03. The van der Waals surface area contributed by atoms with Gasteiger partial charge in [-0.15, -0.1) is 0 Å². The molecule has 0 saturated carbocycles. The summed E-state index contributed by atoms with van der Waals surface area (Å²) in [5.74, 6) is -10.4. The molecule has 3 fully saturated rings. The number of carboxylic acid groups (broad SMARTS) is 1. The van der Waals surface area contributed by atoms with Crippen molar-refractivity contribution in [1.29, 1.82) is 0 Å². The summed E-state index contributed by atoms with van der Waals surface area (Å²) >= 11 is 0. The number of aliphatic hydroxyl groups is 8. The zero-order chi connectivity index (χ0) is 49.4. The molecule has 18 atom stereocenters. The Morgan fingerprint density at radius 2 is 1.41 bits per heavy atom. The summed E-state index contributed by atoms with van der Waals surface area (Å²) in [5.41, 5.74) is -0.0552. The van der Waals surface area contributed by atoms with Crippen LogP contribution in [0.1, 0.15) is 44.5 Å². The fourth-order valence-corrected chi connectivity index (χ4v) is 7.57. The summed E-state index contributed by atoms with van der Waals surface area (Å²) in [6, 6.07) is -0.613. The Labute approximate surface area is 375 Å². The Bertz CT molecular complexity index is 1850. The van der Waals surface area contributed by atoms with Gasteiger partial charge in [0.25, 0.3) is 5.91 Å². The maximum absolute atomic E-state index is 13.4. The number of carbonyl (C=O) groups is 6. The summed E-state index contributed by atoms with van der Waals surface area (Å²) in [6.07, 6.45) is -29.0. The first-order valence-electron chi connectivity index (χ1n) is 20.4. The molecular weight excluding hydrogens is 895 g/mol. The minimum absolute atomic E-state index is 0.0552. The van der Waals surface area contributed by atoms with Gasteiger partial charge in [-0.05, 0) is 31.2 Å². The topological polar surface area (TPSA) is 400 Å². The second-order valence-corrected chi connectivity index (χ2v) is 15.8. The molecule has 0 aromatic heterocycles. The molecule has 3 aliphatic rings. The molecule has 66 heavy (non-hydrogen) atoms. The number of nitrogens with one attached hydrogen (secondary N) is 4. The Hall–Kier alpha value is -4.59. The second-order valence-electron chi connectivity index (χ2n) is 15.8. The quantitative estimate of drug-likeness (QED) is 0.0573. The maximum Gasteiger partial charge on any atom is 0.331 e. The monoisotopic (exact) mass is 951 g/mol. The predicted octanol–water partition coefficient (Wildman–Crippen LogP) is -7.75. The van der Waals surface area contributed by atoms with E-state index in [0.717, 1.165) is 52.1 Å². The number of aliphatic hydroxyl groups excluding tert-OH is 8. The average molecular weight is 952 g/mol. The van der Waals surface area contributed by atoms with E-state index in [9.17, 15) is 79.1 Å². The van der Waals surface area contributed by atoms with Gasteiger partial charge in [0.15, 0.2) is 18.6 Å². The number of benzene rings is 1. The van der Waals surface area contributed by atoms with Crippen LogP contribution in [0.15, 0.2) is 24.3 Å². The molecule has 4 amide bonds. The Kier molecular flexibility index (Phi) is 19.2. The Morgan fingerprint density at radius 3 is 1.94 bits per heavy atom.